The van der Waals surface area contributed by atoms with Gasteiger partial charge in [-0.25, -0.2) is 0 Å². The van der Waals surface area contributed by atoms with E-state index in [4.69, 9.17) is 5.26 Å². The van der Waals surface area contributed by atoms with Gasteiger partial charge in [-0.1, -0.05) is 0 Å². The highest BCUT2D eigenvalue weighted by molar-refractivity contribution is 5.87. The van der Waals surface area contributed by atoms with Gasteiger partial charge in [-0.2, -0.15) is 5.26 Å². The number of aliphatic imine (C=N–C) groups is 1. The summed E-state index contributed by atoms with van der Waals surface area (Å²) < 4.78 is 0. The van der Waals surface area contributed by atoms with Gasteiger partial charge in [-0.05, 0) is 24.3 Å². The zero-order valence-electron chi connectivity index (χ0n) is 8.33. The topological polar surface area (TPSA) is 60.2 Å². The average Bonchev–Trinajstić information content (AvgIpc) is 2.80. The molecular formula is C11H12N4. The first-order valence-corrected chi connectivity index (χ1v) is 4.90. The molecule has 0 spiro atoms. The van der Waals surface area contributed by atoms with Crippen molar-refractivity contribution in [2.75, 3.05) is 25.0 Å². The number of hydrogen-bond donors (Lipinski definition) is 2. The lowest BCUT2D eigenvalue weighted by Gasteiger charge is -2.06. The van der Waals surface area contributed by atoms with Gasteiger partial charge >= 0.3 is 0 Å². The summed E-state index contributed by atoms with van der Waals surface area (Å²) in [7, 11) is 0. The molecule has 1 aliphatic heterocycles. The van der Waals surface area contributed by atoms with Gasteiger partial charge in [-0.3, -0.25) is 4.99 Å². The van der Waals surface area contributed by atoms with Crippen LogP contribution >= 0.6 is 0 Å². The fourth-order valence-corrected chi connectivity index (χ4v) is 1.41. The van der Waals surface area contributed by atoms with E-state index in [1.807, 2.05) is 12.1 Å². The monoisotopic (exact) mass is 200 g/mol. The van der Waals surface area contributed by atoms with Gasteiger partial charge in [0.1, 0.15) is 5.84 Å². The summed E-state index contributed by atoms with van der Waals surface area (Å²) in [6.45, 7) is 2.51. The SMILES string of the molecule is N#Cc1ccc(NCC2=NCCN2)cc1. The Bertz CT molecular complexity index is 400. The number of amidine groups is 1. The van der Waals surface area contributed by atoms with E-state index in [9.17, 15) is 0 Å². The Balaban J connectivity index is 1.91. The molecule has 0 radical (unpaired) electrons. The van der Waals surface area contributed by atoms with Crippen molar-refractivity contribution in [2.24, 2.45) is 4.99 Å². The van der Waals surface area contributed by atoms with Gasteiger partial charge in [0.2, 0.25) is 0 Å². The van der Waals surface area contributed by atoms with E-state index in [0.717, 1.165) is 24.6 Å². The number of hydrogen-bond acceptors (Lipinski definition) is 4. The van der Waals surface area contributed by atoms with E-state index >= 15 is 0 Å². The van der Waals surface area contributed by atoms with Crippen LogP contribution in [0, 0.1) is 11.3 Å². The van der Waals surface area contributed by atoms with Crippen molar-refractivity contribution >= 4 is 11.5 Å². The molecule has 1 aliphatic rings. The smallest absolute Gasteiger partial charge is 0.116 e. The van der Waals surface area contributed by atoms with Crippen LogP contribution in [-0.4, -0.2) is 25.5 Å². The third-order valence-corrected chi connectivity index (χ3v) is 2.22. The first kappa shape index (κ1) is 9.53. The molecule has 1 heterocycles. The normalized spacial score (nSPS) is 13.9. The van der Waals surface area contributed by atoms with Crippen LogP contribution in [0.15, 0.2) is 29.3 Å². The summed E-state index contributed by atoms with van der Waals surface area (Å²) in [6, 6.07) is 9.48. The fraction of sp³-hybridized carbons (Fsp3) is 0.273. The second-order valence-electron chi connectivity index (χ2n) is 3.30. The van der Waals surface area contributed by atoms with E-state index in [0.29, 0.717) is 12.1 Å². The molecule has 4 nitrogen and oxygen atoms in total. The molecule has 0 fully saturated rings. The standard InChI is InChI=1S/C11H12N4/c12-7-9-1-3-10(4-2-9)15-8-11-13-5-6-14-11/h1-4,15H,5-6,8H2,(H,13,14). The lowest BCUT2D eigenvalue weighted by atomic mass is 10.2. The van der Waals surface area contributed by atoms with Crippen molar-refractivity contribution in [2.45, 2.75) is 0 Å². The summed E-state index contributed by atoms with van der Waals surface area (Å²) in [5.41, 5.74) is 1.68. The summed E-state index contributed by atoms with van der Waals surface area (Å²) in [5.74, 6) is 0.999. The minimum atomic E-state index is 0.678. The second kappa shape index (κ2) is 4.47. The van der Waals surface area contributed by atoms with Gasteiger partial charge in [-0.15, -0.1) is 0 Å². The van der Waals surface area contributed by atoms with Crippen molar-refractivity contribution in [1.29, 1.82) is 5.26 Å². The Morgan fingerprint density at radius 1 is 1.40 bits per heavy atom. The predicted octanol–water partition coefficient (Wildman–Crippen LogP) is 0.972. The molecule has 1 aromatic carbocycles. The van der Waals surface area contributed by atoms with Gasteiger partial charge in [0.15, 0.2) is 0 Å². The van der Waals surface area contributed by atoms with Crippen molar-refractivity contribution in [1.82, 2.24) is 5.32 Å². The minimum Gasteiger partial charge on any atom is -0.378 e. The van der Waals surface area contributed by atoms with Crippen LogP contribution in [0.2, 0.25) is 0 Å². The number of rotatable bonds is 3. The van der Waals surface area contributed by atoms with Crippen molar-refractivity contribution in [3.63, 3.8) is 0 Å². The first-order chi connectivity index (χ1) is 7.38. The molecule has 1 aromatic rings. The highest BCUT2D eigenvalue weighted by Gasteiger charge is 2.03. The summed E-state index contributed by atoms with van der Waals surface area (Å²) in [4.78, 5) is 4.28. The second-order valence-corrected chi connectivity index (χ2v) is 3.30. The Morgan fingerprint density at radius 2 is 2.20 bits per heavy atom. The van der Waals surface area contributed by atoms with Gasteiger partial charge in [0.05, 0.1) is 24.7 Å². The Labute approximate surface area is 88.6 Å². The van der Waals surface area contributed by atoms with E-state index in [2.05, 4.69) is 21.7 Å². The highest BCUT2D eigenvalue weighted by Crippen LogP contribution is 2.08. The average molecular weight is 200 g/mol. The quantitative estimate of drug-likeness (QED) is 0.764. The molecule has 2 rings (SSSR count). The van der Waals surface area contributed by atoms with Crippen LogP contribution < -0.4 is 10.6 Å². The predicted molar refractivity (Wildman–Crippen MR) is 60.0 cm³/mol. The lowest BCUT2D eigenvalue weighted by Crippen LogP contribution is -2.26. The van der Waals surface area contributed by atoms with Crippen molar-refractivity contribution < 1.29 is 0 Å². The maximum absolute atomic E-state index is 8.63. The molecule has 76 valence electrons. The molecule has 0 bridgehead atoms. The molecule has 0 saturated heterocycles. The highest BCUT2D eigenvalue weighted by atomic mass is 15.1. The molecule has 15 heavy (non-hydrogen) atoms. The van der Waals surface area contributed by atoms with Crippen molar-refractivity contribution in [3.8, 4) is 6.07 Å². The number of nitriles is 1. The van der Waals surface area contributed by atoms with E-state index in [1.165, 1.54) is 0 Å². The summed E-state index contributed by atoms with van der Waals surface area (Å²) >= 11 is 0. The third kappa shape index (κ3) is 2.47. The Hall–Kier alpha value is -2.02. The first-order valence-electron chi connectivity index (χ1n) is 4.90. The van der Waals surface area contributed by atoms with Gasteiger partial charge < -0.3 is 10.6 Å². The fourth-order valence-electron chi connectivity index (χ4n) is 1.41. The molecule has 0 aromatic heterocycles. The minimum absolute atomic E-state index is 0.678. The maximum atomic E-state index is 8.63. The van der Waals surface area contributed by atoms with Crippen molar-refractivity contribution in [3.05, 3.63) is 29.8 Å². The third-order valence-electron chi connectivity index (χ3n) is 2.22. The van der Waals surface area contributed by atoms with Crippen LogP contribution in [0.25, 0.3) is 0 Å². The number of nitrogens with zero attached hydrogens (tertiary/aromatic N) is 2. The lowest BCUT2D eigenvalue weighted by molar-refractivity contribution is 0.956. The van der Waals surface area contributed by atoms with E-state index in [-0.39, 0.29) is 0 Å². The summed E-state index contributed by atoms with van der Waals surface area (Å²) in [6.07, 6.45) is 0. The largest absolute Gasteiger partial charge is 0.378 e. The molecule has 0 atom stereocenters. The van der Waals surface area contributed by atoms with Gasteiger partial charge in [0.25, 0.3) is 0 Å². The molecule has 0 amide bonds. The number of nitrogens with one attached hydrogen (secondary N) is 2. The molecular weight excluding hydrogens is 188 g/mol. The van der Waals surface area contributed by atoms with Crippen LogP contribution in [0.1, 0.15) is 5.56 Å². The van der Waals surface area contributed by atoms with Gasteiger partial charge in [0, 0.05) is 12.2 Å². The molecule has 2 N–H and O–H groups in total. The number of benzene rings is 1. The molecule has 0 saturated carbocycles. The Kier molecular flexibility index (Phi) is 2.84. The Morgan fingerprint density at radius 3 is 2.80 bits per heavy atom. The molecule has 0 aliphatic carbocycles. The zero-order chi connectivity index (χ0) is 10.5. The number of anilines is 1. The van der Waals surface area contributed by atoms with E-state index < -0.39 is 0 Å². The molecule has 0 unspecified atom stereocenters. The zero-order valence-corrected chi connectivity index (χ0v) is 8.33. The summed E-state index contributed by atoms with van der Waals surface area (Å²) in [5, 5.41) is 15.1. The van der Waals surface area contributed by atoms with E-state index in [1.54, 1.807) is 12.1 Å². The van der Waals surface area contributed by atoms with Crippen LogP contribution in [0.5, 0.6) is 0 Å². The molecule has 4 heteroatoms. The van der Waals surface area contributed by atoms with Crippen LogP contribution in [0.3, 0.4) is 0 Å². The van der Waals surface area contributed by atoms with Crippen LogP contribution in [0.4, 0.5) is 5.69 Å². The van der Waals surface area contributed by atoms with Crippen LogP contribution in [-0.2, 0) is 0 Å². The maximum Gasteiger partial charge on any atom is 0.116 e.